The minimum Gasteiger partial charge on any atom is -0.393 e. The maximum atomic E-state index is 12.3. The molecule has 3 N–H and O–H groups in total. The number of halogens is 1. The van der Waals surface area contributed by atoms with Crippen molar-refractivity contribution < 1.29 is 9.63 Å². The topological polar surface area (TPSA) is 76.7 Å². The van der Waals surface area contributed by atoms with E-state index in [1.54, 1.807) is 6.07 Å². The molecule has 0 spiro atoms. The normalized spacial score (nSPS) is 11.0. The number of unbranched alkanes of at least 4 members (excludes halogenated alkanes) is 4. The molecule has 0 unspecified atom stereocenters. The molecule has 2 aromatic rings. The van der Waals surface area contributed by atoms with Gasteiger partial charge in [0.2, 0.25) is 5.96 Å². The van der Waals surface area contributed by atoms with Crippen molar-refractivity contribution in [2.75, 3.05) is 6.61 Å². The molecule has 0 aliphatic rings. The summed E-state index contributed by atoms with van der Waals surface area (Å²) in [5, 5.41) is 8.19. The Morgan fingerprint density at radius 3 is 2.60 bits per heavy atom. The highest BCUT2D eigenvalue weighted by Gasteiger charge is 2.10. The summed E-state index contributed by atoms with van der Waals surface area (Å²) in [6.45, 7) is 2.69. The molecule has 0 aliphatic heterocycles. The van der Waals surface area contributed by atoms with Gasteiger partial charge in [-0.05, 0) is 34.8 Å². The number of nitrogens with two attached hydrogens (primary N) is 1. The molecule has 0 aliphatic carbocycles. The van der Waals surface area contributed by atoms with Gasteiger partial charge in [-0.15, -0.1) is 12.4 Å². The fourth-order valence-corrected chi connectivity index (χ4v) is 2.52. The standard InChI is InChI=1S/C19H25N3O2.ClH/c1-2-3-4-5-8-14-24-22-19(20)21-18(23)17-13-9-11-15-10-6-7-12-16(15)17;/h6-7,9-13H,2-5,8,14H2,1H3,(H3,20,21,22,23);1H. The van der Waals surface area contributed by atoms with Gasteiger partial charge in [0.05, 0.1) is 0 Å². The molecule has 0 saturated carbocycles. The summed E-state index contributed by atoms with van der Waals surface area (Å²) >= 11 is 0. The number of carbonyl (C=O) groups is 1. The van der Waals surface area contributed by atoms with Crippen molar-refractivity contribution in [2.45, 2.75) is 39.0 Å². The van der Waals surface area contributed by atoms with E-state index in [0.717, 1.165) is 23.6 Å². The lowest BCUT2D eigenvalue weighted by Crippen LogP contribution is -2.37. The smallest absolute Gasteiger partial charge is 0.258 e. The van der Waals surface area contributed by atoms with E-state index in [0.29, 0.717) is 12.2 Å². The van der Waals surface area contributed by atoms with Gasteiger partial charge in [-0.2, -0.15) is 0 Å². The number of nitrogens with zero attached hydrogens (tertiary/aromatic N) is 1. The summed E-state index contributed by atoms with van der Waals surface area (Å²) in [7, 11) is 0. The highest BCUT2D eigenvalue weighted by molar-refractivity contribution is 6.12. The third kappa shape index (κ3) is 6.63. The SMILES string of the molecule is CCCCCCCON=C(N)NC(=O)c1cccc2ccccc12.Cl. The number of oxime groups is 1. The molecule has 0 atom stereocenters. The highest BCUT2D eigenvalue weighted by atomic mass is 35.5. The van der Waals surface area contributed by atoms with Gasteiger partial charge in [0, 0.05) is 5.56 Å². The third-order valence-electron chi connectivity index (χ3n) is 3.78. The van der Waals surface area contributed by atoms with E-state index in [4.69, 9.17) is 10.6 Å². The summed E-state index contributed by atoms with van der Waals surface area (Å²) in [5.74, 6) is -0.318. The Balaban J connectivity index is 0.00000312. The summed E-state index contributed by atoms with van der Waals surface area (Å²) in [6.07, 6.45) is 5.72. The largest absolute Gasteiger partial charge is 0.393 e. The van der Waals surface area contributed by atoms with Crippen molar-refractivity contribution >= 4 is 35.0 Å². The number of guanidine groups is 1. The van der Waals surface area contributed by atoms with Crippen LogP contribution in [0.2, 0.25) is 0 Å². The van der Waals surface area contributed by atoms with E-state index in [9.17, 15) is 4.79 Å². The maximum Gasteiger partial charge on any atom is 0.258 e. The van der Waals surface area contributed by atoms with Gasteiger partial charge in [0.15, 0.2) is 0 Å². The van der Waals surface area contributed by atoms with Crippen molar-refractivity contribution in [1.82, 2.24) is 5.32 Å². The van der Waals surface area contributed by atoms with Crippen LogP contribution in [0.15, 0.2) is 47.6 Å². The number of benzene rings is 2. The van der Waals surface area contributed by atoms with Gasteiger partial charge in [0.1, 0.15) is 6.61 Å². The zero-order valence-corrected chi connectivity index (χ0v) is 15.3. The molecule has 0 saturated heterocycles. The van der Waals surface area contributed by atoms with Crippen LogP contribution in [0.3, 0.4) is 0 Å². The monoisotopic (exact) mass is 363 g/mol. The van der Waals surface area contributed by atoms with Gasteiger partial charge in [-0.25, -0.2) is 0 Å². The van der Waals surface area contributed by atoms with Crippen LogP contribution in [-0.2, 0) is 4.84 Å². The van der Waals surface area contributed by atoms with E-state index in [1.807, 2.05) is 36.4 Å². The zero-order valence-electron chi connectivity index (χ0n) is 14.5. The molecule has 1 amide bonds. The fourth-order valence-electron chi connectivity index (χ4n) is 2.52. The first-order valence-corrected chi connectivity index (χ1v) is 8.47. The van der Waals surface area contributed by atoms with Crippen LogP contribution in [0.1, 0.15) is 49.4 Å². The lowest BCUT2D eigenvalue weighted by atomic mass is 10.0. The molecule has 0 heterocycles. The molecule has 2 aromatic carbocycles. The molecule has 6 heteroatoms. The number of fused-ring (bicyclic) bond motifs is 1. The van der Waals surface area contributed by atoms with Crippen LogP contribution in [0.4, 0.5) is 0 Å². The second kappa shape index (κ2) is 11.3. The number of hydrogen-bond acceptors (Lipinski definition) is 3. The van der Waals surface area contributed by atoms with Crippen LogP contribution in [0.5, 0.6) is 0 Å². The summed E-state index contributed by atoms with van der Waals surface area (Å²) in [5.41, 5.74) is 6.27. The molecule has 0 radical (unpaired) electrons. The molecule has 5 nitrogen and oxygen atoms in total. The first-order valence-electron chi connectivity index (χ1n) is 8.47. The van der Waals surface area contributed by atoms with E-state index in [1.165, 1.54) is 19.3 Å². The Kier molecular flexibility index (Phi) is 9.40. The quantitative estimate of drug-likeness (QED) is 0.319. The minimum atomic E-state index is -0.292. The molecule has 0 fully saturated rings. The Bertz CT molecular complexity index is 699. The summed E-state index contributed by atoms with van der Waals surface area (Å²) < 4.78 is 0. The lowest BCUT2D eigenvalue weighted by molar-refractivity contribution is 0.0971. The number of carbonyl (C=O) groups excluding carboxylic acids is 1. The van der Waals surface area contributed by atoms with Gasteiger partial charge in [-0.1, -0.05) is 62.6 Å². The van der Waals surface area contributed by atoms with Crippen molar-refractivity contribution in [3.05, 3.63) is 48.0 Å². The second-order valence-electron chi connectivity index (χ2n) is 5.70. The van der Waals surface area contributed by atoms with Gasteiger partial charge < -0.3 is 10.6 Å². The number of rotatable bonds is 8. The summed E-state index contributed by atoms with van der Waals surface area (Å²) in [4.78, 5) is 17.5. The van der Waals surface area contributed by atoms with Crippen molar-refractivity contribution in [1.29, 1.82) is 0 Å². The molecule has 136 valence electrons. The predicted octanol–water partition coefficient (Wildman–Crippen LogP) is 4.21. The molecule has 2 rings (SSSR count). The molecule has 25 heavy (non-hydrogen) atoms. The van der Waals surface area contributed by atoms with Gasteiger partial charge in [-0.3, -0.25) is 10.1 Å². The third-order valence-corrected chi connectivity index (χ3v) is 3.78. The van der Waals surface area contributed by atoms with Crippen LogP contribution < -0.4 is 11.1 Å². The van der Waals surface area contributed by atoms with E-state index >= 15 is 0 Å². The Morgan fingerprint density at radius 2 is 1.80 bits per heavy atom. The number of hydrogen-bond donors (Lipinski definition) is 2. The fraction of sp³-hybridized carbons (Fsp3) is 0.368. The molecular formula is C19H26ClN3O2. The van der Waals surface area contributed by atoms with Gasteiger partial charge >= 0.3 is 0 Å². The van der Waals surface area contributed by atoms with Crippen LogP contribution >= 0.6 is 12.4 Å². The van der Waals surface area contributed by atoms with Crippen LogP contribution in [-0.4, -0.2) is 18.5 Å². The lowest BCUT2D eigenvalue weighted by Gasteiger charge is -2.07. The first-order chi connectivity index (χ1) is 11.7. The van der Waals surface area contributed by atoms with E-state index < -0.39 is 0 Å². The van der Waals surface area contributed by atoms with Crippen molar-refractivity contribution in [3.63, 3.8) is 0 Å². The Morgan fingerprint density at radius 1 is 1.08 bits per heavy atom. The maximum absolute atomic E-state index is 12.3. The molecule has 0 bridgehead atoms. The molecular weight excluding hydrogens is 338 g/mol. The zero-order chi connectivity index (χ0) is 17.2. The highest BCUT2D eigenvalue weighted by Crippen LogP contribution is 2.18. The Hall–Kier alpha value is -2.27. The number of nitrogens with one attached hydrogen (secondary N) is 1. The predicted molar refractivity (Wildman–Crippen MR) is 105 cm³/mol. The first kappa shape index (κ1) is 20.8. The van der Waals surface area contributed by atoms with Crippen molar-refractivity contribution in [3.8, 4) is 0 Å². The summed E-state index contributed by atoms with van der Waals surface area (Å²) in [6, 6.07) is 13.3. The minimum absolute atomic E-state index is 0. The average Bonchev–Trinajstić information content (AvgIpc) is 2.60. The van der Waals surface area contributed by atoms with Crippen LogP contribution in [0, 0.1) is 0 Å². The number of amides is 1. The van der Waals surface area contributed by atoms with Gasteiger partial charge in [0.25, 0.3) is 5.91 Å². The average molecular weight is 364 g/mol. The Labute approximate surface area is 155 Å². The van der Waals surface area contributed by atoms with Crippen molar-refractivity contribution in [2.24, 2.45) is 10.9 Å². The second-order valence-corrected chi connectivity index (χ2v) is 5.70. The van der Waals surface area contributed by atoms with E-state index in [-0.39, 0.29) is 24.3 Å². The van der Waals surface area contributed by atoms with Crippen LogP contribution in [0.25, 0.3) is 10.8 Å². The molecule has 0 aromatic heterocycles. The van der Waals surface area contributed by atoms with E-state index in [2.05, 4.69) is 17.4 Å².